The predicted octanol–water partition coefficient (Wildman–Crippen LogP) is 2.46. The first-order chi connectivity index (χ1) is 6.18. The molecule has 13 heavy (non-hydrogen) atoms. The number of hydrogen-bond donors (Lipinski definition) is 0. The maximum atomic E-state index is 4.38. The predicted molar refractivity (Wildman–Crippen MR) is 57.3 cm³/mol. The van der Waals surface area contributed by atoms with Crippen LogP contribution in [0.25, 0.3) is 0 Å². The van der Waals surface area contributed by atoms with Gasteiger partial charge in [0.05, 0.1) is 17.9 Å². The van der Waals surface area contributed by atoms with E-state index in [0.717, 1.165) is 12.2 Å². The third kappa shape index (κ3) is 1.32. The van der Waals surface area contributed by atoms with Gasteiger partial charge in [-0.05, 0) is 37.1 Å². The van der Waals surface area contributed by atoms with Crippen molar-refractivity contribution in [3.05, 3.63) is 23.3 Å². The lowest BCUT2D eigenvalue weighted by Crippen LogP contribution is -2.22. The zero-order valence-corrected chi connectivity index (χ0v) is 8.33. The summed E-state index contributed by atoms with van der Waals surface area (Å²) in [4.78, 5) is 6.60. The molecule has 1 aliphatic rings. The van der Waals surface area contributed by atoms with Crippen LogP contribution in [0.5, 0.6) is 0 Å². The molecule has 0 unspecified atom stereocenters. The quantitative estimate of drug-likeness (QED) is 0.590. The Morgan fingerprint density at radius 2 is 1.92 bits per heavy atom. The van der Waals surface area contributed by atoms with Crippen molar-refractivity contribution in [2.24, 2.45) is 4.99 Å². The second kappa shape index (κ2) is 2.87. The van der Waals surface area contributed by atoms with Gasteiger partial charge in [0.1, 0.15) is 0 Å². The van der Waals surface area contributed by atoms with Gasteiger partial charge < -0.3 is 4.90 Å². The van der Waals surface area contributed by atoms with Crippen molar-refractivity contribution in [3.8, 4) is 0 Å². The van der Waals surface area contributed by atoms with Gasteiger partial charge in [-0.1, -0.05) is 0 Å². The SMILES string of the molecule is Cc1cc2c(cc1C)N(C)CC=N2. The Balaban J connectivity index is 2.60. The third-order valence-corrected chi connectivity index (χ3v) is 2.59. The summed E-state index contributed by atoms with van der Waals surface area (Å²) < 4.78 is 0. The number of fused-ring (bicyclic) bond motifs is 1. The van der Waals surface area contributed by atoms with Crippen molar-refractivity contribution in [3.63, 3.8) is 0 Å². The van der Waals surface area contributed by atoms with Crippen LogP contribution in [0.1, 0.15) is 11.1 Å². The van der Waals surface area contributed by atoms with E-state index in [0.29, 0.717) is 0 Å². The van der Waals surface area contributed by atoms with Gasteiger partial charge in [0.2, 0.25) is 0 Å². The van der Waals surface area contributed by atoms with Gasteiger partial charge in [-0.25, -0.2) is 0 Å². The minimum Gasteiger partial charge on any atom is -0.368 e. The maximum Gasteiger partial charge on any atom is 0.0862 e. The smallest absolute Gasteiger partial charge is 0.0862 e. The van der Waals surface area contributed by atoms with E-state index in [1.165, 1.54) is 16.8 Å². The lowest BCUT2D eigenvalue weighted by atomic mass is 10.1. The van der Waals surface area contributed by atoms with Gasteiger partial charge in [0.15, 0.2) is 0 Å². The minimum absolute atomic E-state index is 0.912. The molecule has 0 N–H and O–H groups in total. The Hall–Kier alpha value is -1.31. The number of anilines is 1. The summed E-state index contributed by atoms with van der Waals surface area (Å²) in [5, 5.41) is 0. The highest BCUT2D eigenvalue weighted by Crippen LogP contribution is 2.32. The molecular formula is C11H14N2. The molecule has 2 nitrogen and oxygen atoms in total. The summed E-state index contributed by atoms with van der Waals surface area (Å²) in [6.45, 7) is 5.18. The van der Waals surface area contributed by atoms with Crippen LogP contribution in [-0.2, 0) is 0 Å². The fraction of sp³-hybridized carbons (Fsp3) is 0.364. The largest absolute Gasteiger partial charge is 0.368 e. The van der Waals surface area contributed by atoms with Gasteiger partial charge in [0.25, 0.3) is 0 Å². The number of benzene rings is 1. The minimum atomic E-state index is 0.912. The van der Waals surface area contributed by atoms with Crippen LogP contribution in [-0.4, -0.2) is 19.8 Å². The Labute approximate surface area is 78.9 Å². The highest BCUT2D eigenvalue weighted by atomic mass is 15.1. The molecule has 0 spiro atoms. The van der Waals surface area contributed by atoms with E-state index < -0.39 is 0 Å². The summed E-state index contributed by atoms with van der Waals surface area (Å²) >= 11 is 0. The average molecular weight is 174 g/mol. The Morgan fingerprint density at radius 1 is 1.23 bits per heavy atom. The summed E-state index contributed by atoms with van der Waals surface area (Å²) in [6, 6.07) is 4.36. The summed E-state index contributed by atoms with van der Waals surface area (Å²) in [7, 11) is 2.10. The monoisotopic (exact) mass is 174 g/mol. The Morgan fingerprint density at radius 3 is 2.69 bits per heavy atom. The van der Waals surface area contributed by atoms with Crippen LogP contribution in [0.2, 0.25) is 0 Å². The van der Waals surface area contributed by atoms with Gasteiger partial charge >= 0.3 is 0 Å². The van der Waals surface area contributed by atoms with Gasteiger partial charge in [0, 0.05) is 13.3 Å². The van der Waals surface area contributed by atoms with E-state index in [2.05, 4.69) is 42.9 Å². The van der Waals surface area contributed by atoms with Crippen molar-refractivity contribution in [2.75, 3.05) is 18.5 Å². The fourth-order valence-corrected chi connectivity index (χ4v) is 1.55. The highest BCUT2D eigenvalue weighted by Gasteiger charge is 2.11. The van der Waals surface area contributed by atoms with Gasteiger partial charge in [-0.3, -0.25) is 4.99 Å². The average Bonchev–Trinajstić information content (AvgIpc) is 2.09. The molecule has 2 rings (SSSR count). The summed E-state index contributed by atoms with van der Waals surface area (Å²) in [6.07, 6.45) is 1.96. The van der Waals surface area contributed by atoms with E-state index in [1.54, 1.807) is 0 Å². The van der Waals surface area contributed by atoms with Crippen LogP contribution in [0, 0.1) is 13.8 Å². The van der Waals surface area contributed by atoms with E-state index in [9.17, 15) is 0 Å². The van der Waals surface area contributed by atoms with Gasteiger partial charge in [-0.2, -0.15) is 0 Å². The van der Waals surface area contributed by atoms with E-state index in [1.807, 2.05) is 6.21 Å². The van der Waals surface area contributed by atoms with Crippen molar-refractivity contribution in [1.29, 1.82) is 0 Å². The lowest BCUT2D eigenvalue weighted by Gasteiger charge is -2.23. The van der Waals surface area contributed by atoms with Crippen LogP contribution in [0.4, 0.5) is 11.4 Å². The number of aliphatic imine (C=N–C) groups is 1. The molecule has 1 aromatic carbocycles. The molecule has 68 valence electrons. The van der Waals surface area contributed by atoms with Crippen LogP contribution in [0.15, 0.2) is 17.1 Å². The molecule has 0 aromatic heterocycles. The molecule has 0 amide bonds. The molecule has 0 saturated carbocycles. The number of rotatable bonds is 0. The number of hydrogen-bond acceptors (Lipinski definition) is 2. The Bertz CT molecular complexity index is 367. The third-order valence-electron chi connectivity index (χ3n) is 2.59. The van der Waals surface area contributed by atoms with Crippen LogP contribution >= 0.6 is 0 Å². The molecule has 2 heteroatoms. The van der Waals surface area contributed by atoms with Gasteiger partial charge in [-0.15, -0.1) is 0 Å². The lowest BCUT2D eigenvalue weighted by molar-refractivity contribution is 1.04. The fourth-order valence-electron chi connectivity index (χ4n) is 1.55. The summed E-state index contributed by atoms with van der Waals surface area (Å²) in [5.41, 5.74) is 4.98. The standard InChI is InChI=1S/C11H14N2/c1-8-6-10-11(7-9(8)2)13(3)5-4-12-10/h4,6-7H,5H2,1-3H3. The first-order valence-corrected chi connectivity index (χ1v) is 4.53. The van der Waals surface area contributed by atoms with E-state index >= 15 is 0 Å². The normalized spacial score (nSPS) is 14.5. The number of aryl methyl sites for hydroxylation is 2. The molecule has 0 atom stereocenters. The number of nitrogens with zero attached hydrogens (tertiary/aromatic N) is 2. The van der Waals surface area contributed by atoms with E-state index in [4.69, 9.17) is 0 Å². The Kier molecular flexibility index (Phi) is 1.83. The summed E-state index contributed by atoms with van der Waals surface area (Å²) in [5.74, 6) is 0. The molecule has 0 saturated heterocycles. The topological polar surface area (TPSA) is 15.6 Å². The first kappa shape index (κ1) is 8.30. The zero-order valence-electron chi connectivity index (χ0n) is 8.33. The van der Waals surface area contributed by atoms with Crippen molar-refractivity contribution < 1.29 is 0 Å². The highest BCUT2D eigenvalue weighted by molar-refractivity contribution is 5.82. The molecule has 1 aromatic rings. The van der Waals surface area contributed by atoms with Crippen LogP contribution < -0.4 is 4.90 Å². The molecule has 0 aliphatic carbocycles. The van der Waals surface area contributed by atoms with E-state index in [-0.39, 0.29) is 0 Å². The van der Waals surface area contributed by atoms with Crippen LogP contribution in [0.3, 0.4) is 0 Å². The van der Waals surface area contributed by atoms with Crippen molar-refractivity contribution in [2.45, 2.75) is 13.8 Å². The van der Waals surface area contributed by atoms with Crippen molar-refractivity contribution in [1.82, 2.24) is 0 Å². The first-order valence-electron chi connectivity index (χ1n) is 4.53. The molecule has 0 bridgehead atoms. The van der Waals surface area contributed by atoms with Crippen molar-refractivity contribution >= 4 is 17.6 Å². The second-order valence-corrected chi connectivity index (χ2v) is 3.62. The maximum absolute atomic E-state index is 4.38. The zero-order chi connectivity index (χ0) is 9.42. The molecule has 1 aliphatic heterocycles. The molecule has 0 radical (unpaired) electrons. The molecule has 1 heterocycles. The molecular weight excluding hydrogens is 160 g/mol. The molecule has 0 fully saturated rings. The second-order valence-electron chi connectivity index (χ2n) is 3.62.